The van der Waals surface area contributed by atoms with Gasteiger partial charge in [-0.2, -0.15) is 0 Å². The fraction of sp³-hybridized carbons (Fsp3) is 1.00. The molecule has 0 heterocycles. The normalized spacial score (nSPS) is 14.9. The Bertz CT molecular complexity index is 508. The van der Waals surface area contributed by atoms with Gasteiger partial charge in [-0.05, 0) is 36.5 Å². The van der Waals surface area contributed by atoms with Crippen molar-refractivity contribution in [1.29, 1.82) is 0 Å². The summed E-state index contributed by atoms with van der Waals surface area (Å²) in [4.78, 5) is 0. The van der Waals surface area contributed by atoms with E-state index in [-0.39, 0.29) is 12.7 Å². The van der Waals surface area contributed by atoms with E-state index < -0.39 is 0 Å². The lowest BCUT2D eigenvalue weighted by Crippen LogP contribution is -2.25. The zero-order valence-corrected chi connectivity index (χ0v) is 29.9. The van der Waals surface area contributed by atoms with Gasteiger partial charge >= 0.3 is 0 Å². The summed E-state index contributed by atoms with van der Waals surface area (Å²) >= 11 is 0. The van der Waals surface area contributed by atoms with Crippen molar-refractivity contribution in [1.82, 2.24) is 0 Å². The van der Waals surface area contributed by atoms with Crippen molar-refractivity contribution < 1.29 is 14.6 Å². The number of unbranched alkanes of at least 4 members (excludes halogenated alkanes) is 13. The molecular weight excluding hydrogens is 516 g/mol. The number of ether oxygens (including phenoxy) is 2. The number of hydrogen-bond donors (Lipinski definition) is 1. The summed E-state index contributed by atoms with van der Waals surface area (Å²) in [7, 11) is 0. The van der Waals surface area contributed by atoms with E-state index in [9.17, 15) is 5.11 Å². The molecule has 0 spiro atoms. The van der Waals surface area contributed by atoms with Crippen LogP contribution in [0.25, 0.3) is 0 Å². The minimum Gasteiger partial charge on any atom is -0.394 e. The average Bonchev–Trinajstić information content (AvgIpc) is 2.95. The van der Waals surface area contributed by atoms with Crippen LogP contribution in [0.3, 0.4) is 0 Å². The van der Waals surface area contributed by atoms with E-state index >= 15 is 0 Å². The van der Waals surface area contributed by atoms with E-state index in [0.29, 0.717) is 12.5 Å². The lowest BCUT2D eigenvalue weighted by Gasteiger charge is -2.18. The summed E-state index contributed by atoms with van der Waals surface area (Å²) in [5.41, 5.74) is 0. The molecule has 0 aliphatic heterocycles. The van der Waals surface area contributed by atoms with E-state index in [4.69, 9.17) is 9.47 Å². The Morgan fingerprint density at radius 1 is 0.452 bits per heavy atom. The van der Waals surface area contributed by atoms with Crippen molar-refractivity contribution >= 4 is 0 Å². The Hall–Kier alpha value is -0.120. The van der Waals surface area contributed by atoms with Crippen molar-refractivity contribution in [2.45, 2.75) is 202 Å². The molecule has 0 fully saturated rings. The molecule has 4 atom stereocenters. The van der Waals surface area contributed by atoms with Crippen molar-refractivity contribution in [3.8, 4) is 0 Å². The highest BCUT2D eigenvalue weighted by Gasteiger charge is 2.11. The Labute approximate surface area is 266 Å². The highest BCUT2D eigenvalue weighted by molar-refractivity contribution is 4.62. The molecule has 0 saturated heterocycles. The molecule has 4 unspecified atom stereocenters. The van der Waals surface area contributed by atoms with Crippen molar-refractivity contribution in [3.05, 3.63) is 0 Å². The third kappa shape index (κ3) is 31.3. The van der Waals surface area contributed by atoms with Gasteiger partial charge < -0.3 is 14.6 Å². The smallest absolute Gasteiger partial charge is 0.104 e. The quantitative estimate of drug-likeness (QED) is 0.0751. The van der Waals surface area contributed by atoms with Crippen molar-refractivity contribution in [3.63, 3.8) is 0 Å². The van der Waals surface area contributed by atoms with E-state index in [1.54, 1.807) is 0 Å². The monoisotopic (exact) mass is 597 g/mol. The van der Waals surface area contributed by atoms with Crippen LogP contribution < -0.4 is 0 Å². The average molecular weight is 597 g/mol. The van der Waals surface area contributed by atoms with Crippen molar-refractivity contribution in [2.75, 3.05) is 26.4 Å². The minimum absolute atomic E-state index is 0.0565. The Balaban J connectivity index is 3.54. The van der Waals surface area contributed by atoms with Gasteiger partial charge in [-0.25, -0.2) is 0 Å². The zero-order valence-electron chi connectivity index (χ0n) is 29.9. The molecule has 0 bridgehead atoms. The molecule has 254 valence electrons. The van der Waals surface area contributed by atoms with Gasteiger partial charge in [0, 0.05) is 13.2 Å². The topological polar surface area (TPSA) is 38.7 Å². The van der Waals surface area contributed by atoms with Crippen LogP contribution in [-0.4, -0.2) is 37.6 Å². The standard InChI is InChI=1S/C39H80O3/c1-7-8-9-10-11-12-13-14-15-16-17-18-19-20-31-41-34-39(33-40)42-32-30-38(6)29-23-28-37(5)27-22-26-36(4)25-21-24-35(2)3/h35-40H,7-34H2,1-6H3. The molecule has 0 aliphatic carbocycles. The van der Waals surface area contributed by atoms with Gasteiger partial charge in [-0.15, -0.1) is 0 Å². The number of aliphatic hydroxyl groups excluding tert-OH is 1. The summed E-state index contributed by atoms with van der Waals surface area (Å²) < 4.78 is 11.8. The highest BCUT2D eigenvalue weighted by atomic mass is 16.5. The van der Waals surface area contributed by atoms with Crippen molar-refractivity contribution in [2.24, 2.45) is 23.7 Å². The summed E-state index contributed by atoms with van der Waals surface area (Å²) in [6.45, 7) is 16.3. The Kier molecular flexibility index (Phi) is 32.2. The second-order valence-electron chi connectivity index (χ2n) is 14.6. The molecule has 0 aliphatic rings. The summed E-state index contributed by atoms with van der Waals surface area (Å²) in [5.74, 6) is 3.29. The number of hydrogen-bond acceptors (Lipinski definition) is 3. The largest absolute Gasteiger partial charge is 0.394 e. The Morgan fingerprint density at radius 3 is 1.29 bits per heavy atom. The molecule has 3 heteroatoms. The summed E-state index contributed by atoms with van der Waals surface area (Å²) in [6.07, 6.45) is 32.6. The van der Waals surface area contributed by atoms with Crippen LogP contribution in [0.2, 0.25) is 0 Å². The molecular formula is C39H80O3. The lowest BCUT2D eigenvalue weighted by molar-refractivity contribution is -0.0459. The molecule has 0 radical (unpaired) electrons. The summed E-state index contributed by atoms with van der Waals surface area (Å²) in [5, 5.41) is 9.68. The van der Waals surface area contributed by atoms with E-state index in [1.807, 2.05) is 0 Å². The second kappa shape index (κ2) is 32.3. The van der Waals surface area contributed by atoms with Gasteiger partial charge in [0.2, 0.25) is 0 Å². The number of rotatable bonds is 34. The number of aliphatic hydroxyl groups is 1. The fourth-order valence-corrected chi connectivity index (χ4v) is 6.14. The molecule has 0 rings (SSSR count). The Morgan fingerprint density at radius 2 is 0.857 bits per heavy atom. The van der Waals surface area contributed by atoms with E-state index in [2.05, 4.69) is 41.5 Å². The minimum atomic E-state index is -0.170. The highest BCUT2D eigenvalue weighted by Crippen LogP contribution is 2.23. The lowest BCUT2D eigenvalue weighted by atomic mass is 9.91. The first-order chi connectivity index (χ1) is 20.4. The maximum atomic E-state index is 9.68. The predicted octanol–water partition coefficient (Wildman–Crippen LogP) is 12.3. The van der Waals surface area contributed by atoms with E-state index in [1.165, 1.54) is 141 Å². The summed E-state index contributed by atoms with van der Waals surface area (Å²) in [6, 6.07) is 0. The molecule has 0 aromatic heterocycles. The molecule has 0 aromatic carbocycles. The van der Waals surface area contributed by atoms with E-state index in [0.717, 1.165) is 43.8 Å². The van der Waals surface area contributed by atoms with Gasteiger partial charge in [0.25, 0.3) is 0 Å². The second-order valence-corrected chi connectivity index (χ2v) is 14.6. The van der Waals surface area contributed by atoms with Crippen LogP contribution in [0.1, 0.15) is 196 Å². The molecule has 0 amide bonds. The first-order valence-corrected chi connectivity index (χ1v) is 19.2. The van der Waals surface area contributed by atoms with Crippen LogP contribution in [0, 0.1) is 23.7 Å². The maximum Gasteiger partial charge on any atom is 0.104 e. The van der Waals surface area contributed by atoms with Crippen LogP contribution in [0.4, 0.5) is 0 Å². The fourth-order valence-electron chi connectivity index (χ4n) is 6.14. The molecule has 0 aromatic rings. The first kappa shape index (κ1) is 41.9. The maximum absolute atomic E-state index is 9.68. The first-order valence-electron chi connectivity index (χ1n) is 19.2. The third-order valence-corrected chi connectivity index (χ3v) is 9.38. The van der Waals surface area contributed by atoms with Gasteiger partial charge in [0.05, 0.1) is 13.2 Å². The van der Waals surface area contributed by atoms with Crippen LogP contribution in [0.15, 0.2) is 0 Å². The predicted molar refractivity (Wildman–Crippen MR) is 186 cm³/mol. The van der Waals surface area contributed by atoms with Crippen LogP contribution in [0.5, 0.6) is 0 Å². The van der Waals surface area contributed by atoms with Gasteiger partial charge in [-0.1, -0.05) is 183 Å². The molecule has 1 N–H and O–H groups in total. The van der Waals surface area contributed by atoms with Gasteiger partial charge in [0.15, 0.2) is 0 Å². The molecule has 0 saturated carbocycles. The van der Waals surface area contributed by atoms with Crippen LogP contribution in [-0.2, 0) is 9.47 Å². The van der Waals surface area contributed by atoms with Crippen LogP contribution >= 0.6 is 0 Å². The molecule has 42 heavy (non-hydrogen) atoms. The third-order valence-electron chi connectivity index (χ3n) is 9.38. The SMILES string of the molecule is CCCCCCCCCCCCCCCCOCC(CO)OCCC(C)CCCC(C)CCCC(C)CCCC(C)C. The molecule has 3 nitrogen and oxygen atoms in total. The van der Waals surface area contributed by atoms with Gasteiger partial charge in [-0.3, -0.25) is 0 Å². The zero-order chi connectivity index (χ0) is 31.1. The van der Waals surface area contributed by atoms with Gasteiger partial charge in [0.1, 0.15) is 6.10 Å².